The highest BCUT2D eigenvalue weighted by Crippen LogP contribution is 2.20. The predicted octanol–water partition coefficient (Wildman–Crippen LogP) is 1.57. The third-order valence-corrected chi connectivity index (χ3v) is 4.35. The summed E-state index contributed by atoms with van der Waals surface area (Å²) < 4.78 is 1.52. The van der Waals surface area contributed by atoms with Crippen molar-refractivity contribution in [3.63, 3.8) is 0 Å². The van der Waals surface area contributed by atoms with E-state index in [1.807, 2.05) is 0 Å². The smallest absolute Gasteiger partial charge is 0.365 e. The van der Waals surface area contributed by atoms with Crippen LogP contribution in [0.3, 0.4) is 0 Å². The van der Waals surface area contributed by atoms with Gasteiger partial charge in [0, 0.05) is 29.1 Å². The molecule has 2 heterocycles. The van der Waals surface area contributed by atoms with Crippen molar-refractivity contribution in [2.24, 2.45) is 0 Å². The maximum Gasteiger partial charge on any atom is 0.365 e. The van der Waals surface area contributed by atoms with Crippen molar-refractivity contribution in [2.45, 2.75) is 25.8 Å². The molecule has 3 rings (SSSR count). The number of carboxylic acids is 1. The summed E-state index contributed by atoms with van der Waals surface area (Å²) in [6.45, 7) is 0.194. The van der Waals surface area contributed by atoms with Crippen molar-refractivity contribution < 1.29 is 14.7 Å². The average Bonchev–Trinajstić information content (AvgIpc) is 2.91. The third kappa shape index (κ3) is 2.52. The van der Waals surface area contributed by atoms with E-state index < -0.39 is 5.97 Å². The van der Waals surface area contributed by atoms with Crippen LogP contribution < -0.4 is 5.56 Å². The molecule has 0 saturated carbocycles. The topological polar surface area (TPSA) is 89.3 Å². The first kappa shape index (κ1) is 13.7. The molecule has 108 valence electrons. The lowest BCUT2D eigenvalue weighted by Crippen LogP contribution is -2.28. The number of hydrogen-bond acceptors (Lipinski definition) is 5. The number of rotatable bonds is 3. The minimum absolute atomic E-state index is 0.000996. The zero-order valence-corrected chi connectivity index (χ0v) is 11.9. The van der Waals surface area contributed by atoms with Crippen molar-refractivity contribution in [3.05, 3.63) is 49.8 Å². The minimum atomic E-state index is -1.08. The molecule has 0 atom stereocenters. The lowest BCUT2D eigenvalue weighted by Gasteiger charge is -2.19. The van der Waals surface area contributed by atoms with Crippen LogP contribution in [0.2, 0.25) is 0 Å². The highest BCUT2D eigenvalue weighted by Gasteiger charge is 2.21. The number of nitrogens with zero attached hydrogens (tertiary/aromatic N) is 2. The summed E-state index contributed by atoms with van der Waals surface area (Å²) in [6.07, 6.45) is 1.91. The summed E-state index contributed by atoms with van der Waals surface area (Å²) >= 11 is 1.03. The summed E-state index contributed by atoms with van der Waals surface area (Å²) in [5.41, 5.74) is 1.64. The van der Waals surface area contributed by atoms with Crippen LogP contribution in [-0.2, 0) is 13.0 Å². The van der Waals surface area contributed by atoms with E-state index in [2.05, 4.69) is 4.98 Å². The number of thiazole rings is 1. The Balaban J connectivity index is 2.01. The van der Waals surface area contributed by atoms with Crippen molar-refractivity contribution in [3.8, 4) is 0 Å². The van der Waals surface area contributed by atoms with Gasteiger partial charge >= 0.3 is 5.97 Å². The molecule has 1 N–H and O–H groups in total. The fraction of sp³-hybridized carbons (Fsp3) is 0.286. The SMILES string of the molecule is O=C(O)c1nc(Cn2c3c(ccc2=O)C(=O)CCC3)cs1. The zero-order chi connectivity index (χ0) is 15.0. The van der Waals surface area contributed by atoms with E-state index in [1.165, 1.54) is 10.6 Å². The van der Waals surface area contributed by atoms with Gasteiger partial charge in [-0.3, -0.25) is 9.59 Å². The van der Waals surface area contributed by atoms with Gasteiger partial charge < -0.3 is 9.67 Å². The van der Waals surface area contributed by atoms with Crippen molar-refractivity contribution in [2.75, 3.05) is 0 Å². The van der Waals surface area contributed by atoms with Gasteiger partial charge in [0.05, 0.1) is 12.2 Å². The lowest BCUT2D eigenvalue weighted by atomic mass is 9.94. The molecule has 0 spiro atoms. The predicted molar refractivity (Wildman–Crippen MR) is 76.1 cm³/mol. The first-order chi connectivity index (χ1) is 10.1. The number of aromatic nitrogens is 2. The second-order valence-electron chi connectivity index (χ2n) is 4.84. The van der Waals surface area contributed by atoms with E-state index in [0.717, 1.165) is 23.5 Å². The number of fused-ring (bicyclic) bond motifs is 1. The van der Waals surface area contributed by atoms with Gasteiger partial charge in [-0.15, -0.1) is 11.3 Å². The van der Waals surface area contributed by atoms with E-state index in [1.54, 1.807) is 11.4 Å². The maximum atomic E-state index is 12.1. The van der Waals surface area contributed by atoms with Crippen molar-refractivity contribution in [1.29, 1.82) is 0 Å². The van der Waals surface area contributed by atoms with Crippen LogP contribution >= 0.6 is 11.3 Å². The highest BCUT2D eigenvalue weighted by molar-refractivity contribution is 7.11. The lowest BCUT2D eigenvalue weighted by molar-refractivity contribution is 0.0696. The summed E-state index contributed by atoms with van der Waals surface area (Å²) in [7, 11) is 0. The zero-order valence-electron chi connectivity index (χ0n) is 11.0. The van der Waals surface area contributed by atoms with Crippen LogP contribution in [0.4, 0.5) is 0 Å². The molecule has 1 aliphatic rings. The first-order valence-corrected chi connectivity index (χ1v) is 7.38. The number of hydrogen-bond donors (Lipinski definition) is 1. The number of ketones is 1. The molecular formula is C14H12N2O4S. The third-order valence-electron chi connectivity index (χ3n) is 3.47. The largest absolute Gasteiger partial charge is 0.476 e. The summed E-state index contributed by atoms with van der Waals surface area (Å²) in [5, 5.41) is 10.5. The van der Waals surface area contributed by atoms with Gasteiger partial charge in [-0.25, -0.2) is 9.78 Å². The Hall–Kier alpha value is -2.28. The highest BCUT2D eigenvalue weighted by atomic mass is 32.1. The molecule has 7 heteroatoms. The Kier molecular flexibility index (Phi) is 3.42. The number of carbonyl (C=O) groups is 2. The van der Waals surface area contributed by atoms with Gasteiger partial charge in [0.1, 0.15) is 0 Å². The Bertz CT molecular complexity index is 791. The number of aromatic carboxylic acids is 1. The molecule has 0 saturated heterocycles. The van der Waals surface area contributed by atoms with E-state index in [-0.39, 0.29) is 22.9 Å². The van der Waals surface area contributed by atoms with Gasteiger partial charge in [0.15, 0.2) is 5.78 Å². The molecule has 21 heavy (non-hydrogen) atoms. The van der Waals surface area contributed by atoms with Crippen molar-refractivity contribution in [1.82, 2.24) is 9.55 Å². The van der Waals surface area contributed by atoms with Crippen molar-refractivity contribution >= 4 is 23.1 Å². The molecule has 0 bridgehead atoms. The second kappa shape index (κ2) is 5.25. The van der Waals surface area contributed by atoms with Crippen LogP contribution in [0.25, 0.3) is 0 Å². The van der Waals surface area contributed by atoms with Gasteiger partial charge in [-0.05, 0) is 18.9 Å². The molecule has 0 aliphatic heterocycles. The number of carbonyl (C=O) groups excluding carboxylic acids is 1. The fourth-order valence-corrected chi connectivity index (χ4v) is 3.15. The standard InChI is InChI=1S/C14H12N2O4S/c17-11-3-1-2-10-9(11)4-5-12(18)16(10)6-8-7-21-13(15-8)14(19)20/h4-5,7H,1-3,6H2,(H,19,20). The molecule has 0 fully saturated rings. The van der Waals surface area contributed by atoms with Gasteiger partial charge in [-0.1, -0.05) is 0 Å². The Morgan fingerprint density at radius 1 is 1.33 bits per heavy atom. The molecular weight excluding hydrogens is 292 g/mol. The molecule has 2 aromatic rings. The van der Waals surface area contributed by atoms with Gasteiger partial charge in [0.25, 0.3) is 5.56 Å². The quantitative estimate of drug-likeness (QED) is 0.929. The Morgan fingerprint density at radius 3 is 2.86 bits per heavy atom. The van der Waals surface area contributed by atoms with E-state index in [9.17, 15) is 14.4 Å². The number of pyridine rings is 1. The first-order valence-electron chi connectivity index (χ1n) is 6.50. The van der Waals surface area contributed by atoms with Gasteiger partial charge in [-0.2, -0.15) is 0 Å². The van der Waals surface area contributed by atoms with Crippen LogP contribution in [0.1, 0.15) is 44.4 Å². The van der Waals surface area contributed by atoms with E-state index >= 15 is 0 Å². The Labute approximate surface area is 123 Å². The molecule has 0 aromatic carbocycles. The molecule has 2 aromatic heterocycles. The molecule has 0 amide bonds. The molecule has 6 nitrogen and oxygen atoms in total. The van der Waals surface area contributed by atoms with Crippen LogP contribution in [0, 0.1) is 0 Å². The second-order valence-corrected chi connectivity index (χ2v) is 5.70. The van der Waals surface area contributed by atoms with Gasteiger partial charge in [0.2, 0.25) is 5.01 Å². The van der Waals surface area contributed by atoms with Crippen LogP contribution in [0.15, 0.2) is 22.3 Å². The number of carboxylic acid groups (broad SMARTS) is 1. The molecule has 0 radical (unpaired) electrons. The summed E-state index contributed by atoms with van der Waals surface area (Å²) in [4.78, 5) is 38.8. The Morgan fingerprint density at radius 2 is 2.14 bits per heavy atom. The molecule has 1 aliphatic carbocycles. The average molecular weight is 304 g/mol. The maximum absolute atomic E-state index is 12.1. The minimum Gasteiger partial charge on any atom is -0.476 e. The van der Waals surface area contributed by atoms with E-state index in [4.69, 9.17) is 5.11 Å². The fourth-order valence-electron chi connectivity index (χ4n) is 2.51. The molecule has 0 unspecified atom stereocenters. The normalized spacial score (nSPS) is 14.0. The van der Waals surface area contributed by atoms with E-state index in [0.29, 0.717) is 24.1 Å². The van der Waals surface area contributed by atoms with Crippen LogP contribution in [-0.4, -0.2) is 26.4 Å². The van der Waals surface area contributed by atoms with Crippen LogP contribution in [0.5, 0.6) is 0 Å². The summed E-state index contributed by atoms with van der Waals surface area (Å²) in [6, 6.07) is 2.96. The summed E-state index contributed by atoms with van der Waals surface area (Å²) in [5.74, 6) is -1.03. The number of Topliss-reactive ketones (excluding diaryl/α,β-unsaturated/α-hetero) is 1. The monoisotopic (exact) mass is 304 g/mol.